The Bertz CT molecular complexity index is 754. The van der Waals surface area contributed by atoms with E-state index in [0.29, 0.717) is 11.8 Å². The van der Waals surface area contributed by atoms with Crippen LogP contribution in [-0.4, -0.2) is 29.1 Å². The maximum atomic E-state index is 12.7. The summed E-state index contributed by atoms with van der Waals surface area (Å²) in [5.74, 6) is 0.000170. The number of carbonyl (C=O) groups excluding carboxylic acids is 1. The van der Waals surface area contributed by atoms with E-state index < -0.39 is 0 Å². The molecule has 0 aromatic heterocycles. The third-order valence-corrected chi connectivity index (χ3v) is 5.88. The SMILES string of the molecule is CC(C)Sc1ccccc1C(=O)NCc1cccc(CN2CCCCC2)c1. The molecule has 3 nitrogen and oxygen atoms in total. The molecule has 1 N–H and O–H groups in total. The Morgan fingerprint density at radius 1 is 1.04 bits per heavy atom. The van der Waals surface area contributed by atoms with E-state index in [4.69, 9.17) is 0 Å². The van der Waals surface area contributed by atoms with E-state index in [2.05, 4.69) is 48.3 Å². The van der Waals surface area contributed by atoms with E-state index in [1.165, 1.54) is 37.9 Å². The molecule has 27 heavy (non-hydrogen) atoms. The number of amides is 1. The van der Waals surface area contributed by atoms with E-state index in [1.807, 2.05) is 24.3 Å². The Morgan fingerprint density at radius 2 is 1.78 bits per heavy atom. The van der Waals surface area contributed by atoms with E-state index in [0.717, 1.165) is 22.6 Å². The summed E-state index contributed by atoms with van der Waals surface area (Å²) in [5, 5.41) is 3.54. The molecule has 4 heteroatoms. The van der Waals surface area contributed by atoms with Gasteiger partial charge < -0.3 is 5.32 Å². The number of benzene rings is 2. The van der Waals surface area contributed by atoms with Crippen LogP contribution < -0.4 is 5.32 Å². The van der Waals surface area contributed by atoms with Gasteiger partial charge in [-0.2, -0.15) is 0 Å². The molecule has 1 heterocycles. The van der Waals surface area contributed by atoms with Gasteiger partial charge in [0.2, 0.25) is 0 Å². The molecule has 0 atom stereocenters. The van der Waals surface area contributed by atoms with Crippen molar-refractivity contribution in [2.75, 3.05) is 13.1 Å². The van der Waals surface area contributed by atoms with E-state index in [1.54, 1.807) is 11.8 Å². The molecule has 0 unspecified atom stereocenters. The van der Waals surface area contributed by atoms with Gasteiger partial charge in [-0.25, -0.2) is 0 Å². The fourth-order valence-electron chi connectivity index (χ4n) is 3.50. The van der Waals surface area contributed by atoms with Crippen molar-refractivity contribution in [3.05, 3.63) is 65.2 Å². The first kappa shape index (κ1) is 20.0. The van der Waals surface area contributed by atoms with Crippen molar-refractivity contribution in [1.82, 2.24) is 10.2 Å². The van der Waals surface area contributed by atoms with Gasteiger partial charge in [-0.15, -0.1) is 11.8 Å². The zero-order valence-electron chi connectivity index (χ0n) is 16.4. The van der Waals surface area contributed by atoms with Crippen molar-refractivity contribution in [3.8, 4) is 0 Å². The predicted molar refractivity (Wildman–Crippen MR) is 114 cm³/mol. The second-order valence-electron chi connectivity index (χ2n) is 7.50. The topological polar surface area (TPSA) is 32.3 Å². The molecular formula is C23H30N2OS. The molecule has 0 bridgehead atoms. The fourth-order valence-corrected chi connectivity index (χ4v) is 4.45. The molecule has 2 aromatic rings. The number of rotatable bonds is 7. The van der Waals surface area contributed by atoms with Crippen LogP contribution >= 0.6 is 11.8 Å². The van der Waals surface area contributed by atoms with Gasteiger partial charge in [0.15, 0.2) is 0 Å². The second kappa shape index (κ2) is 9.95. The lowest BCUT2D eigenvalue weighted by Crippen LogP contribution is -2.29. The molecule has 1 fully saturated rings. The van der Waals surface area contributed by atoms with Gasteiger partial charge >= 0.3 is 0 Å². The van der Waals surface area contributed by atoms with Crippen molar-refractivity contribution in [3.63, 3.8) is 0 Å². The van der Waals surface area contributed by atoms with E-state index in [-0.39, 0.29) is 5.91 Å². The van der Waals surface area contributed by atoms with Crippen LogP contribution in [0, 0.1) is 0 Å². The number of nitrogens with zero attached hydrogens (tertiary/aromatic N) is 1. The molecule has 0 radical (unpaired) electrons. The maximum Gasteiger partial charge on any atom is 0.252 e. The first-order chi connectivity index (χ1) is 13.1. The van der Waals surface area contributed by atoms with Crippen LogP contribution in [0.2, 0.25) is 0 Å². The van der Waals surface area contributed by atoms with Crippen LogP contribution in [-0.2, 0) is 13.1 Å². The third-order valence-electron chi connectivity index (χ3n) is 4.79. The Labute approximate surface area is 167 Å². The molecular weight excluding hydrogens is 352 g/mol. The van der Waals surface area contributed by atoms with Crippen LogP contribution in [0.15, 0.2) is 53.4 Å². The standard InChI is InChI=1S/C23H30N2OS/c1-18(2)27-22-12-5-4-11-21(22)23(26)24-16-19-9-8-10-20(15-19)17-25-13-6-3-7-14-25/h4-5,8-12,15,18H,3,6-7,13-14,16-17H2,1-2H3,(H,24,26). The van der Waals surface area contributed by atoms with Crippen molar-refractivity contribution >= 4 is 17.7 Å². The monoisotopic (exact) mass is 382 g/mol. The number of hydrogen-bond donors (Lipinski definition) is 1. The Morgan fingerprint density at radius 3 is 2.56 bits per heavy atom. The molecule has 2 aromatic carbocycles. The average molecular weight is 383 g/mol. The summed E-state index contributed by atoms with van der Waals surface area (Å²) in [6.45, 7) is 8.26. The zero-order chi connectivity index (χ0) is 19.1. The van der Waals surface area contributed by atoms with Crippen molar-refractivity contribution < 1.29 is 4.79 Å². The minimum absolute atomic E-state index is 0.000170. The summed E-state index contributed by atoms with van der Waals surface area (Å²) in [5.41, 5.74) is 3.26. The van der Waals surface area contributed by atoms with Crippen LogP contribution in [0.25, 0.3) is 0 Å². The summed E-state index contributed by atoms with van der Waals surface area (Å²) in [6, 6.07) is 16.5. The van der Waals surface area contributed by atoms with Crippen LogP contribution in [0.4, 0.5) is 0 Å². The van der Waals surface area contributed by atoms with Gasteiger partial charge in [0, 0.05) is 23.2 Å². The quantitative estimate of drug-likeness (QED) is 0.676. The van der Waals surface area contributed by atoms with E-state index in [9.17, 15) is 4.79 Å². The maximum absolute atomic E-state index is 12.7. The Kier molecular flexibility index (Phi) is 7.36. The summed E-state index contributed by atoms with van der Waals surface area (Å²) in [4.78, 5) is 16.3. The average Bonchev–Trinajstić information content (AvgIpc) is 2.67. The van der Waals surface area contributed by atoms with Crippen LogP contribution in [0.3, 0.4) is 0 Å². The lowest BCUT2D eigenvalue weighted by molar-refractivity contribution is 0.0948. The Balaban J connectivity index is 1.60. The number of hydrogen-bond acceptors (Lipinski definition) is 3. The molecule has 1 aliphatic heterocycles. The van der Waals surface area contributed by atoms with Crippen molar-refractivity contribution in [1.29, 1.82) is 0 Å². The van der Waals surface area contributed by atoms with Gasteiger partial charge in [0.1, 0.15) is 0 Å². The molecule has 3 rings (SSSR count). The first-order valence-corrected chi connectivity index (χ1v) is 10.8. The predicted octanol–water partition coefficient (Wildman–Crippen LogP) is 5.10. The molecule has 1 aliphatic rings. The summed E-state index contributed by atoms with van der Waals surface area (Å²) in [6.07, 6.45) is 3.98. The third kappa shape index (κ3) is 6.12. The van der Waals surface area contributed by atoms with Crippen molar-refractivity contribution in [2.45, 2.75) is 56.3 Å². The molecule has 1 amide bonds. The van der Waals surface area contributed by atoms with Crippen molar-refractivity contribution in [2.24, 2.45) is 0 Å². The lowest BCUT2D eigenvalue weighted by Gasteiger charge is -2.26. The minimum atomic E-state index is 0.000170. The second-order valence-corrected chi connectivity index (χ2v) is 9.12. The van der Waals surface area contributed by atoms with Gasteiger partial charge in [-0.05, 0) is 49.2 Å². The van der Waals surface area contributed by atoms with Gasteiger partial charge in [-0.1, -0.05) is 56.7 Å². The fraction of sp³-hybridized carbons (Fsp3) is 0.435. The van der Waals surface area contributed by atoms with Crippen LogP contribution in [0.5, 0.6) is 0 Å². The number of nitrogens with one attached hydrogen (secondary N) is 1. The highest BCUT2D eigenvalue weighted by Crippen LogP contribution is 2.26. The van der Waals surface area contributed by atoms with Gasteiger partial charge in [-0.3, -0.25) is 9.69 Å². The lowest BCUT2D eigenvalue weighted by atomic mass is 10.1. The zero-order valence-corrected chi connectivity index (χ0v) is 17.2. The smallest absolute Gasteiger partial charge is 0.252 e. The van der Waals surface area contributed by atoms with Gasteiger partial charge in [0.05, 0.1) is 5.56 Å². The first-order valence-electron chi connectivity index (χ1n) is 9.96. The van der Waals surface area contributed by atoms with Gasteiger partial charge in [0.25, 0.3) is 5.91 Å². The normalized spacial score (nSPS) is 15.1. The largest absolute Gasteiger partial charge is 0.348 e. The number of piperidine rings is 1. The Hall–Kier alpha value is -1.78. The van der Waals surface area contributed by atoms with E-state index >= 15 is 0 Å². The highest BCUT2D eigenvalue weighted by Gasteiger charge is 2.13. The molecule has 144 valence electrons. The molecule has 1 saturated heterocycles. The highest BCUT2D eigenvalue weighted by atomic mass is 32.2. The molecule has 0 spiro atoms. The number of likely N-dealkylation sites (tertiary alicyclic amines) is 1. The molecule has 0 aliphatic carbocycles. The summed E-state index contributed by atoms with van der Waals surface area (Å²) in [7, 11) is 0. The minimum Gasteiger partial charge on any atom is -0.348 e. The van der Waals surface area contributed by atoms with Crippen LogP contribution in [0.1, 0.15) is 54.6 Å². The number of carbonyl (C=O) groups is 1. The summed E-state index contributed by atoms with van der Waals surface area (Å²) < 4.78 is 0. The molecule has 0 saturated carbocycles. The number of thioether (sulfide) groups is 1. The highest BCUT2D eigenvalue weighted by molar-refractivity contribution is 8.00. The summed E-state index contributed by atoms with van der Waals surface area (Å²) >= 11 is 1.73.